The molecule has 7 heteroatoms. The van der Waals surface area contributed by atoms with Gasteiger partial charge in [-0.25, -0.2) is 4.98 Å². The van der Waals surface area contributed by atoms with Crippen molar-refractivity contribution in [1.82, 2.24) is 14.9 Å². The molecule has 2 N–H and O–H groups in total. The predicted molar refractivity (Wildman–Crippen MR) is 91.5 cm³/mol. The van der Waals surface area contributed by atoms with E-state index in [-0.39, 0.29) is 42.5 Å². The van der Waals surface area contributed by atoms with Crippen LogP contribution in [0.1, 0.15) is 32.1 Å². The van der Waals surface area contributed by atoms with Gasteiger partial charge in [-0.05, 0) is 25.0 Å². The molecule has 0 spiro atoms. The number of nitrogens with zero attached hydrogens (tertiary/aromatic N) is 2. The maximum absolute atomic E-state index is 12.4. The summed E-state index contributed by atoms with van der Waals surface area (Å²) in [4.78, 5) is 45.5. The van der Waals surface area contributed by atoms with Crippen molar-refractivity contribution in [3.05, 3.63) is 24.3 Å². The molecule has 130 valence electrons. The number of amides is 3. The molecule has 2 fully saturated rings. The summed E-state index contributed by atoms with van der Waals surface area (Å²) < 4.78 is 0. The highest BCUT2D eigenvalue weighted by Crippen LogP contribution is 2.37. The Labute approximate surface area is 144 Å². The number of aromatic nitrogens is 2. The molecular formula is C18H20N4O3. The average Bonchev–Trinajstić information content (AvgIpc) is 3.13. The van der Waals surface area contributed by atoms with E-state index in [1.54, 1.807) is 0 Å². The lowest BCUT2D eigenvalue weighted by Gasteiger charge is -2.19. The molecule has 7 nitrogen and oxygen atoms in total. The summed E-state index contributed by atoms with van der Waals surface area (Å²) in [6.45, 7) is 0.136. The van der Waals surface area contributed by atoms with E-state index in [0.717, 1.165) is 36.7 Å². The molecule has 1 saturated carbocycles. The highest BCUT2D eigenvalue weighted by atomic mass is 16.2. The first-order valence-corrected chi connectivity index (χ1v) is 8.73. The van der Waals surface area contributed by atoms with Gasteiger partial charge in [0.15, 0.2) is 0 Å². The van der Waals surface area contributed by atoms with E-state index in [0.29, 0.717) is 5.95 Å². The van der Waals surface area contributed by atoms with Crippen LogP contribution >= 0.6 is 0 Å². The quantitative estimate of drug-likeness (QED) is 0.833. The van der Waals surface area contributed by atoms with Crippen LogP contribution in [0.4, 0.5) is 5.95 Å². The fourth-order valence-electron chi connectivity index (χ4n) is 3.87. The fraction of sp³-hybridized carbons (Fsp3) is 0.444. The van der Waals surface area contributed by atoms with Gasteiger partial charge in [-0.1, -0.05) is 25.0 Å². The van der Waals surface area contributed by atoms with Gasteiger partial charge in [-0.3, -0.25) is 24.6 Å². The number of H-pyrrole nitrogens is 1. The lowest BCUT2D eigenvalue weighted by Crippen LogP contribution is -2.34. The fourth-order valence-corrected chi connectivity index (χ4v) is 3.87. The number of aromatic amines is 1. The molecular weight excluding hydrogens is 320 g/mol. The van der Waals surface area contributed by atoms with Crippen molar-refractivity contribution in [3.8, 4) is 0 Å². The number of likely N-dealkylation sites (tertiary alicyclic amines) is 1. The first-order chi connectivity index (χ1) is 12.1. The van der Waals surface area contributed by atoms with Crippen molar-refractivity contribution in [2.45, 2.75) is 32.1 Å². The third-order valence-electron chi connectivity index (χ3n) is 5.14. The third kappa shape index (κ3) is 2.90. The maximum atomic E-state index is 12.4. The Kier molecular flexibility index (Phi) is 3.99. The van der Waals surface area contributed by atoms with Crippen LogP contribution in [-0.2, 0) is 14.4 Å². The van der Waals surface area contributed by atoms with Crippen molar-refractivity contribution < 1.29 is 14.4 Å². The van der Waals surface area contributed by atoms with Crippen molar-refractivity contribution in [2.75, 3.05) is 11.9 Å². The number of carbonyl (C=O) groups is 3. The zero-order valence-corrected chi connectivity index (χ0v) is 13.8. The van der Waals surface area contributed by atoms with Crippen molar-refractivity contribution in [2.24, 2.45) is 11.8 Å². The maximum Gasteiger partial charge on any atom is 0.233 e. The lowest BCUT2D eigenvalue weighted by molar-refractivity contribution is -0.140. The molecule has 1 aliphatic heterocycles. The van der Waals surface area contributed by atoms with Gasteiger partial charge in [0.2, 0.25) is 23.7 Å². The van der Waals surface area contributed by atoms with Crippen molar-refractivity contribution >= 4 is 34.7 Å². The van der Waals surface area contributed by atoms with E-state index >= 15 is 0 Å². The minimum atomic E-state index is -0.269. The van der Waals surface area contributed by atoms with E-state index in [2.05, 4.69) is 15.3 Å². The number of anilines is 1. The zero-order valence-electron chi connectivity index (χ0n) is 13.8. The van der Waals surface area contributed by atoms with Gasteiger partial charge >= 0.3 is 0 Å². The van der Waals surface area contributed by atoms with Crippen LogP contribution in [0.15, 0.2) is 24.3 Å². The van der Waals surface area contributed by atoms with Gasteiger partial charge < -0.3 is 4.98 Å². The van der Waals surface area contributed by atoms with Crippen LogP contribution in [0.25, 0.3) is 11.0 Å². The van der Waals surface area contributed by atoms with Crippen LogP contribution < -0.4 is 5.32 Å². The first-order valence-electron chi connectivity index (χ1n) is 8.73. The van der Waals surface area contributed by atoms with Crippen LogP contribution in [-0.4, -0.2) is 39.1 Å². The summed E-state index contributed by atoms with van der Waals surface area (Å²) in [5, 5.41) is 2.69. The summed E-state index contributed by atoms with van der Waals surface area (Å²) in [7, 11) is 0. The van der Waals surface area contributed by atoms with Crippen molar-refractivity contribution in [1.29, 1.82) is 0 Å². The van der Waals surface area contributed by atoms with E-state index in [4.69, 9.17) is 0 Å². The van der Waals surface area contributed by atoms with Gasteiger partial charge in [0.05, 0.1) is 22.9 Å². The number of carbonyl (C=O) groups excluding carboxylic acids is 3. The number of imidazole rings is 1. The second-order valence-electron chi connectivity index (χ2n) is 6.73. The molecule has 1 aliphatic carbocycles. The molecule has 3 amide bonds. The number of benzene rings is 1. The minimum Gasteiger partial charge on any atom is -0.324 e. The Morgan fingerprint density at radius 3 is 2.52 bits per heavy atom. The van der Waals surface area contributed by atoms with E-state index in [9.17, 15) is 14.4 Å². The normalized spacial score (nSPS) is 23.1. The summed E-state index contributed by atoms with van der Waals surface area (Å²) in [5.74, 6) is -0.440. The molecule has 0 bridgehead atoms. The third-order valence-corrected chi connectivity index (χ3v) is 5.14. The lowest BCUT2D eigenvalue weighted by atomic mass is 9.81. The molecule has 1 saturated heterocycles. The van der Waals surface area contributed by atoms with Crippen LogP contribution in [0.2, 0.25) is 0 Å². The van der Waals surface area contributed by atoms with E-state index in [1.165, 1.54) is 4.90 Å². The summed E-state index contributed by atoms with van der Waals surface area (Å²) in [6.07, 6.45) is 3.66. The monoisotopic (exact) mass is 340 g/mol. The predicted octanol–water partition coefficient (Wildman–Crippen LogP) is 2.07. The molecule has 0 unspecified atom stereocenters. The number of rotatable bonds is 4. The van der Waals surface area contributed by atoms with Crippen LogP contribution in [0.5, 0.6) is 0 Å². The molecule has 0 radical (unpaired) electrons. The molecule has 2 aliphatic rings. The number of imide groups is 1. The van der Waals surface area contributed by atoms with E-state index in [1.807, 2.05) is 24.3 Å². The molecule has 4 rings (SSSR count). The zero-order chi connectivity index (χ0) is 17.4. The number of nitrogens with one attached hydrogen (secondary N) is 2. The molecule has 1 aromatic heterocycles. The summed E-state index contributed by atoms with van der Waals surface area (Å²) in [6, 6.07) is 7.49. The number of para-hydroxylation sites is 2. The molecule has 25 heavy (non-hydrogen) atoms. The highest BCUT2D eigenvalue weighted by molar-refractivity contribution is 6.05. The van der Waals surface area contributed by atoms with Crippen LogP contribution in [0, 0.1) is 11.8 Å². The van der Waals surface area contributed by atoms with E-state index < -0.39 is 0 Å². The summed E-state index contributed by atoms with van der Waals surface area (Å²) in [5.41, 5.74) is 1.61. The van der Waals surface area contributed by atoms with Gasteiger partial charge in [0.25, 0.3) is 0 Å². The second-order valence-corrected chi connectivity index (χ2v) is 6.73. The van der Waals surface area contributed by atoms with Gasteiger partial charge in [0, 0.05) is 13.0 Å². The number of hydrogen-bond acceptors (Lipinski definition) is 4. The van der Waals surface area contributed by atoms with Crippen LogP contribution in [0.3, 0.4) is 0 Å². The SMILES string of the molecule is O=C(CCN1C(=O)[C@H]2CCCC[C@H]2C1=O)Nc1nc2ccccc2[nH]1. The Morgan fingerprint density at radius 2 is 1.84 bits per heavy atom. The molecule has 2 heterocycles. The molecule has 2 aromatic rings. The first kappa shape index (κ1) is 15.8. The largest absolute Gasteiger partial charge is 0.324 e. The average molecular weight is 340 g/mol. The van der Waals surface area contributed by atoms with Gasteiger partial charge in [-0.15, -0.1) is 0 Å². The number of fused-ring (bicyclic) bond motifs is 2. The smallest absolute Gasteiger partial charge is 0.233 e. The number of hydrogen-bond donors (Lipinski definition) is 2. The molecule has 1 aromatic carbocycles. The Hall–Kier alpha value is -2.70. The molecule has 2 atom stereocenters. The second kappa shape index (κ2) is 6.31. The highest BCUT2D eigenvalue weighted by Gasteiger charge is 2.47. The summed E-state index contributed by atoms with van der Waals surface area (Å²) >= 11 is 0. The Balaban J connectivity index is 1.37. The Bertz CT molecular complexity index is 787. The Morgan fingerprint density at radius 1 is 1.16 bits per heavy atom. The van der Waals surface area contributed by atoms with Gasteiger partial charge in [-0.2, -0.15) is 0 Å². The van der Waals surface area contributed by atoms with Gasteiger partial charge in [0.1, 0.15) is 0 Å². The topological polar surface area (TPSA) is 95.2 Å². The standard InChI is InChI=1S/C18H20N4O3/c23-15(21-18-19-13-7-3-4-8-14(13)20-18)9-10-22-16(24)11-5-1-2-6-12(11)17(22)25/h3-4,7-8,11-12H,1-2,5-6,9-10H2,(H2,19,20,21,23)/t11-,12+. The minimum absolute atomic E-state index is 0.0773. The van der Waals surface area contributed by atoms with Crippen molar-refractivity contribution in [3.63, 3.8) is 0 Å².